The van der Waals surface area contributed by atoms with Crippen molar-refractivity contribution < 1.29 is 9.53 Å². The number of carbonyl (C=O) groups excluding carboxylic acids is 1. The summed E-state index contributed by atoms with van der Waals surface area (Å²) < 4.78 is 5.65. The first kappa shape index (κ1) is 17.8. The zero-order valence-corrected chi connectivity index (χ0v) is 17.0. The molecule has 6 nitrogen and oxygen atoms in total. The smallest absolute Gasteiger partial charge is 0.256 e. The van der Waals surface area contributed by atoms with Gasteiger partial charge in [-0.1, -0.05) is 24.3 Å². The molecule has 0 bridgehead atoms. The molecule has 0 saturated carbocycles. The number of pyridine rings is 1. The van der Waals surface area contributed by atoms with Gasteiger partial charge in [-0.3, -0.25) is 4.79 Å². The summed E-state index contributed by atoms with van der Waals surface area (Å²) in [6.45, 7) is 3.45. The molecule has 3 N–H and O–H groups in total. The van der Waals surface area contributed by atoms with E-state index >= 15 is 0 Å². The Labute approximate surface area is 179 Å². The summed E-state index contributed by atoms with van der Waals surface area (Å²) in [4.78, 5) is 20.5. The van der Waals surface area contributed by atoms with Gasteiger partial charge in [-0.2, -0.15) is 0 Å². The Morgan fingerprint density at radius 1 is 1.13 bits per heavy atom. The van der Waals surface area contributed by atoms with Gasteiger partial charge in [-0.25, -0.2) is 4.98 Å². The SMILES string of the molecule is Cc1c(-c2ccc3c(c2)C(=Cc2c[nH]c4ccccc24)C(=O)N3)cnc2c1NCCO2. The van der Waals surface area contributed by atoms with E-state index in [4.69, 9.17) is 4.74 Å². The third kappa shape index (κ3) is 2.79. The molecule has 4 aromatic rings. The number of nitrogens with zero attached hydrogens (tertiary/aromatic N) is 1. The Morgan fingerprint density at radius 2 is 2.03 bits per heavy atom. The molecular formula is C25H20N4O2. The molecular weight excluding hydrogens is 388 g/mol. The van der Waals surface area contributed by atoms with Crippen LogP contribution in [0.15, 0.2) is 54.9 Å². The summed E-state index contributed by atoms with van der Waals surface area (Å²) in [6, 6.07) is 14.1. The van der Waals surface area contributed by atoms with Crippen molar-refractivity contribution >= 4 is 39.8 Å². The number of para-hydroxylation sites is 1. The van der Waals surface area contributed by atoms with Gasteiger partial charge in [0.2, 0.25) is 5.88 Å². The van der Waals surface area contributed by atoms with Crippen molar-refractivity contribution in [2.45, 2.75) is 6.92 Å². The second-order valence-electron chi connectivity index (χ2n) is 7.81. The number of rotatable bonds is 2. The quantitative estimate of drug-likeness (QED) is 0.415. The van der Waals surface area contributed by atoms with E-state index in [0.717, 1.165) is 56.6 Å². The van der Waals surface area contributed by atoms with Crippen LogP contribution in [0.3, 0.4) is 0 Å². The minimum atomic E-state index is -0.0900. The van der Waals surface area contributed by atoms with Crippen LogP contribution in [0.1, 0.15) is 16.7 Å². The van der Waals surface area contributed by atoms with E-state index in [1.54, 1.807) is 0 Å². The second kappa shape index (κ2) is 6.74. The standard InChI is InChI=1S/C25H20N4O2/c1-14-20(13-28-25-23(14)26-8-9-31-25)15-6-7-22-18(10-15)19(24(30)29-22)11-16-12-27-21-5-3-2-4-17(16)21/h2-7,10-13,26-27H,8-9H2,1H3,(H,29,30). The lowest BCUT2D eigenvalue weighted by molar-refractivity contribution is -0.110. The van der Waals surface area contributed by atoms with Gasteiger partial charge < -0.3 is 20.4 Å². The molecule has 0 saturated heterocycles. The van der Waals surface area contributed by atoms with Crippen molar-refractivity contribution in [1.29, 1.82) is 0 Å². The Morgan fingerprint density at radius 3 is 2.97 bits per heavy atom. The van der Waals surface area contributed by atoms with Gasteiger partial charge in [-0.15, -0.1) is 0 Å². The summed E-state index contributed by atoms with van der Waals surface area (Å²) in [5, 5.41) is 7.46. The number of hydrogen-bond acceptors (Lipinski definition) is 4. The molecule has 2 aliphatic rings. The molecule has 1 amide bonds. The van der Waals surface area contributed by atoms with Gasteiger partial charge in [0.15, 0.2) is 0 Å². The lowest BCUT2D eigenvalue weighted by atomic mass is 9.96. The van der Waals surface area contributed by atoms with Crippen molar-refractivity contribution in [3.63, 3.8) is 0 Å². The first-order chi connectivity index (χ1) is 15.2. The maximum absolute atomic E-state index is 12.8. The summed E-state index contributed by atoms with van der Waals surface area (Å²) in [5.41, 5.74) is 8.48. The van der Waals surface area contributed by atoms with E-state index in [0.29, 0.717) is 18.1 Å². The number of amides is 1. The molecule has 0 spiro atoms. The zero-order valence-electron chi connectivity index (χ0n) is 17.0. The predicted molar refractivity (Wildman–Crippen MR) is 123 cm³/mol. The third-order valence-electron chi connectivity index (χ3n) is 5.98. The lowest BCUT2D eigenvalue weighted by Gasteiger charge is -2.21. The van der Waals surface area contributed by atoms with E-state index < -0.39 is 0 Å². The summed E-state index contributed by atoms with van der Waals surface area (Å²) in [6.07, 6.45) is 5.74. The fourth-order valence-corrected chi connectivity index (χ4v) is 4.38. The molecule has 6 rings (SSSR count). The van der Waals surface area contributed by atoms with E-state index in [2.05, 4.69) is 39.7 Å². The van der Waals surface area contributed by atoms with Crippen LogP contribution in [0.5, 0.6) is 5.88 Å². The fraction of sp³-hybridized carbons (Fsp3) is 0.120. The minimum absolute atomic E-state index is 0.0900. The van der Waals surface area contributed by atoms with E-state index in [9.17, 15) is 4.79 Å². The van der Waals surface area contributed by atoms with Crippen LogP contribution in [-0.4, -0.2) is 29.0 Å². The van der Waals surface area contributed by atoms with Crippen molar-refractivity contribution in [3.05, 3.63) is 71.5 Å². The number of H-pyrrole nitrogens is 1. The number of nitrogens with one attached hydrogen (secondary N) is 3. The zero-order chi connectivity index (χ0) is 20.9. The highest BCUT2D eigenvalue weighted by Gasteiger charge is 2.26. The average Bonchev–Trinajstić information content (AvgIpc) is 3.35. The Kier molecular flexibility index (Phi) is 3.86. The highest BCUT2D eigenvalue weighted by atomic mass is 16.5. The predicted octanol–water partition coefficient (Wildman–Crippen LogP) is 4.84. The lowest BCUT2D eigenvalue weighted by Crippen LogP contribution is -2.20. The molecule has 2 aliphatic heterocycles. The van der Waals surface area contributed by atoms with Crippen molar-refractivity contribution in [2.24, 2.45) is 0 Å². The van der Waals surface area contributed by atoms with Gasteiger partial charge in [0, 0.05) is 57.8 Å². The molecule has 0 unspecified atom stereocenters. The number of hydrogen-bond donors (Lipinski definition) is 3. The highest BCUT2D eigenvalue weighted by Crippen LogP contribution is 2.40. The van der Waals surface area contributed by atoms with Crippen LogP contribution in [0.2, 0.25) is 0 Å². The van der Waals surface area contributed by atoms with Gasteiger partial charge >= 0.3 is 0 Å². The monoisotopic (exact) mass is 408 g/mol. The highest BCUT2D eigenvalue weighted by molar-refractivity contribution is 6.35. The number of carbonyl (C=O) groups is 1. The van der Waals surface area contributed by atoms with Crippen molar-refractivity contribution in [1.82, 2.24) is 9.97 Å². The van der Waals surface area contributed by atoms with E-state index in [1.165, 1.54) is 0 Å². The molecule has 6 heteroatoms. The maximum Gasteiger partial charge on any atom is 0.256 e. The number of aromatic amines is 1. The molecule has 0 aliphatic carbocycles. The average molecular weight is 408 g/mol. The molecule has 0 radical (unpaired) electrons. The van der Waals surface area contributed by atoms with Gasteiger partial charge in [0.05, 0.1) is 0 Å². The molecule has 152 valence electrons. The Bertz CT molecular complexity index is 1400. The van der Waals surface area contributed by atoms with Gasteiger partial charge in [0.25, 0.3) is 5.91 Å². The number of anilines is 2. The second-order valence-corrected chi connectivity index (χ2v) is 7.81. The maximum atomic E-state index is 12.8. The molecule has 2 aromatic heterocycles. The molecule has 4 heterocycles. The number of ether oxygens (including phenoxy) is 1. The van der Waals surface area contributed by atoms with Crippen LogP contribution < -0.4 is 15.4 Å². The van der Waals surface area contributed by atoms with Crippen LogP contribution >= 0.6 is 0 Å². The molecule has 31 heavy (non-hydrogen) atoms. The van der Waals surface area contributed by atoms with Crippen LogP contribution in [-0.2, 0) is 4.79 Å². The molecule has 0 atom stereocenters. The number of aromatic nitrogens is 2. The fourth-order valence-electron chi connectivity index (χ4n) is 4.38. The van der Waals surface area contributed by atoms with Gasteiger partial charge in [-0.05, 0) is 42.3 Å². The van der Waals surface area contributed by atoms with E-state index in [-0.39, 0.29) is 5.91 Å². The number of fused-ring (bicyclic) bond motifs is 3. The molecule has 2 aromatic carbocycles. The Balaban J connectivity index is 1.47. The van der Waals surface area contributed by atoms with Crippen LogP contribution in [0.25, 0.3) is 33.7 Å². The largest absolute Gasteiger partial charge is 0.474 e. The van der Waals surface area contributed by atoms with Crippen LogP contribution in [0.4, 0.5) is 11.4 Å². The van der Waals surface area contributed by atoms with Gasteiger partial charge in [0.1, 0.15) is 12.3 Å². The number of benzene rings is 2. The first-order valence-electron chi connectivity index (χ1n) is 10.3. The van der Waals surface area contributed by atoms with E-state index in [1.807, 2.05) is 48.8 Å². The summed E-state index contributed by atoms with van der Waals surface area (Å²) >= 11 is 0. The topological polar surface area (TPSA) is 79.0 Å². The normalized spacial score (nSPS) is 15.9. The summed E-state index contributed by atoms with van der Waals surface area (Å²) in [5.74, 6) is 0.554. The van der Waals surface area contributed by atoms with Crippen molar-refractivity contribution in [3.8, 4) is 17.0 Å². The first-order valence-corrected chi connectivity index (χ1v) is 10.3. The third-order valence-corrected chi connectivity index (χ3v) is 5.98. The van der Waals surface area contributed by atoms with Crippen LogP contribution in [0, 0.1) is 6.92 Å². The Hall–Kier alpha value is -4.06. The minimum Gasteiger partial charge on any atom is -0.474 e. The molecule has 0 fully saturated rings. The van der Waals surface area contributed by atoms with Crippen molar-refractivity contribution in [2.75, 3.05) is 23.8 Å². The summed E-state index contributed by atoms with van der Waals surface area (Å²) in [7, 11) is 0.